The van der Waals surface area contributed by atoms with Gasteiger partial charge in [0.15, 0.2) is 0 Å². The third-order valence-corrected chi connectivity index (χ3v) is 4.23. The van der Waals surface area contributed by atoms with Crippen molar-refractivity contribution in [3.05, 3.63) is 58.9 Å². The fourth-order valence-corrected chi connectivity index (χ4v) is 2.87. The second-order valence-electron chi connectivity index (χ2n) is 4.33. The van der Waals surface area contributed by atoms with Gasteiger partial charge in [-0.2, -0.15) is 0 Å². The van der Waals surface area contributed by atoms with Crippen LogP contribution in [0.25, 0.3) is 0 Å². The fourth-order valence-electron chi connectivity index (χ4n) is 1.74. The molecule has 18 heavy (non-hydrogen) atoms. The number of anilines is 1. The van der Waals surface area contributed by atoms with E-state index in [0.717, 1.165) is 33.0 Å². The summed E-state index contributed by atoms with van der Waals surface area (Å²) < 4.78 is 13.2. The van der Waals surface area contributed by atoms with Crippen LogP contribution >= 0.6 is 11.8 Å². The van der Waals surface area contributed by atoms with Crippen molar-refractivity contribution in [2.24, 2.45) is 0 Å². The number of benzene rings is 2. The van der Waals surface area contributed by atoms with Crippen molar-refractivity contribution in [2.75, 3.05) is 5.73 Å². The molecule has 1 nitrogen and oxygen atoms in total. The zero-order valence-corrected chi connectivity index (χ0v) is 11.4. The molecule has 0 heterocycles. The smallest absolute Gasteiger partial charge is 0.123 e. The number of thioether (sulfide) groups is 1. The first-order valence-corrected chi connectivity index (χ1v) is 6.79. The van der Waals surface area contributed by atoms with E-state index in [1.807, 2.05) is 38.1 Å². The van der Waals surface area contributed by atoms with Gasteiger partial charge in [-0.3, -0.25) is 0 Å². The van der Waals surface area contributed by atoms with Crippen LogP contribution in [0.5, 0.6) is 0 Å². The van der Waals surface area contributed by atoms with Crippen LogP contribution in [0.2, 0.25) is 0 Å². The Bertz CT molecular complexity index is 564. The monoisotopic (exact) mass is 261 g/mol. The largest absolute Gasteiger partial charge is 0.398 e. The lowest BCUT2D eigenvalue weighted by molar-refractivity contribution is 0.626. The molecule has 94 valence electrons. The average molecular weight is 261 g/mol. The van der Waals surface area contributed by atoms with Gasteiger partial charge in [0, 0.05) is 16.3 Å². The molecule has 2 N–H and O–H groups in total. The van der Waals surface area contributed by atoms with Crippen molar-refractivity contribution in [1.82, 2.24) is 0 Å². The Balaban J connectivity index is 2.16. The number of halogens is 1. The number of nitrogen functional groups attached to an aromatic ring is 1. The maximum absolute atomic E-state index is 13.2. The van der Waals surface area contributed by atoms with Crippen LogP contribution in [-0.4, -0.2) is 0 Å². The topological polar surface area (TPSA) is 26.0 Å². The SMILES string of the molecule is Cc1ccc(F)cc1CSc1cccc(N)c1C. The van der Waals surface area contributed by atoms with Crippen LogP contribution < -0.4 is 5.73 Å². The van der Waals surface area contributed by atoms with E-state index in [-0.39, 0.29) is 5.82 Å². The van der Waals surface area contributed by atoms with Crippen molar-refractivity contribution in [1.29, 1.82) is 0 Å². The Kier molecular flexibility index (Phi) is 3.92. The van der Waals surface area contributed by atoms with Gasteiger partial charge in [0.1, 0.15) is 5.82 Å². The second kappa shape index (κ2) is 5.44. The molecule has 2 rings (SSSR count). The summed E-state index contributed by atoms with van der Waals surface area (Å²) in [4.78, 5) is 1.15. The van der Waals surface area contributed by atoms with Gasteiger partial charge in [0.05, 0.1) is 0 Å². The minimum absolute atomic E-state index is 0.180. The lowest BCUT2D eigenvalue weighted by Gasteiger charge is -2.09. The van der Waals surface area contributed by atoms with Crippen molar-refractivity contribution >= 4 is 17.4 Å². The molecular weight excluding hydrogens is 245 g/mol. The third kappa shape index (κ3) is 2.85. The Morgan fingerprint density at radius 2 is 1.94 bits per heavy atom. The maximum atomic E-state index is 13.2. The van der Waals surface area contributed by atoms with E-state index in [9.17, 15) is 4.39 Å². The Morgan fingerprint density at radius 1 is 1.17 bits per heavy atom. The molecule has 2 aromatic rings. The highest BCUT2D eigenvalue weighted by Crippen LogP contribution is 2.29. The summed E-state index contributed by atoms with van der Waals surface area (Å²) in [6.45, 7) is 4.01. The molecule has 0 unspecified atom stereocenters. The zero-order chi connectivity index (χ0) is 13.1. The number of hydrogen-bond donors (Lipinski definition) is 1. The zero-order valence-electron chi connectivity index (χ0n) is 10.5. The molecule has 0 bridgehead atoms. The van der Waals surface area contributed by atoms with E-state index in [0.29, 0.717) is 0 Å². The molecule has 0 saturated heterocycles. The van der Waals surface area contributed by atoms with Crippen LogP contribution in [-0.2, 0) is 5.75 Å². The van der Waals surface area contributed by atoms with Gasteiger partial charge >= 0.3 is 0 Å². The van der Waals surface area contributed by atoms with Gasteiger partial charge < -0.3 is 5.73 Å². The molecule has 0 radical (unpaired) electrons. The van der Waals surface area contributed by atoms with Gasteiger partial charge in [-0.15, -0.1) is 11.8 Å². The minimum atomic E-state index is -0.180. The molecule has 0 amide bonds. The molecule has 0 spiro atoms. The van der Waals surface area contributed by atoms with Gasteiger partial charge in [-0.05, 0) is 54.8 Å². The molecule has 0 saturated carbocycles. The molecule has 2 aromatic carbocycles. The standard InChI is InChI=1S/C15H16FNS/c1-10-6-7-13(16)8-12(10)9-18-15-5-3-4-14(17)11(15)2/h3-8H,9,17H2,1-2H3. The van der Waals surface area contributed by atoms with Gasteiger partial charge in [0.2, 0.25) is 0 Å². The molecule has 0 aromatic heterocycles. The van der Waals surface area contributed by atoms with Gasteiger partial charge in [-0.1, -0.05) is 12.1 Å². The first-order valence-electron chi connectivity index (χ1n) is 5.81. The van der Waals surface area contributed by atoms with Crippen LogP contribution in [0.15, 0.2) is 41.3 Å². The summed E-state index contributed by atoms with van der Waals surface area (Å²) in [5.41, 5.74) is 9.91. The lowest BCUT2D eigenvalue weighted by atomic mass is 10.1. The highest BCUT2D eigenvalue weighted by molar-refractivity contribution is 7.98. The Hall–Kier alpha value is -1.48. The van der Waals surface area contributed by atoms with E-state index in [2.05, 4.69) is 0 Å². The van der Waals surface area contributed by atoms with E-state index in [4.69, 9.17) is 5.73 Å². The van der Waals surface area contributed by atoms with Crippen molar-refractivity contribution < 1.29 is 4.39 Å². The molecule has 3 heteroatoms. The maximum Gasteiger partial charge on any atom is 0.123 e. The molecule has 0 aliphatic rings. The normalized spacial score (nSPS) is 10.6. The van der Waals surface area contributed by atoms with Crippen LogP contribution in [0, 0.1) is 19.7 Å². The molecular formula is C15H16FNS. The van der Waals surface area contributed by atoms with Crippen molar-refractivity contribution in [3.8, 4) is 0 Å². The Morgan fingerprint density at radius 3 is 2.72 bits per heavy atom. The number of hydrogen-bond acceptors (Lipinski definition) is 2. The van der Waals surface area contributed by atoms with Crippen LogP contribution in [0.1, 0.15) is 16.7 Å². The lowest BCUT2D eigenvalue weighted by Crippen LogP contribution is -1.92. The fraction of sp³-hybridized carbons (Fsp3) is 0.200. The summed E-state index contributed by atoms with van der Waals surface area (Å²) in [6, 6.07) is 10.8. The summed E-state index contributed by atoms with van der Waals surface area (Å²) in [7, 11) is 0. The third-order valence-electron chi connectivity index (χ3n) is 3.02. The van der Waals surface area contributed by atoms with Crippen LogP contribution in [0.4, 0.5) is 10.1 Å². The summed E-state index contributed by atoms with van der Waals surface area (Å²) in [5.74, 6) is 0.578. The molecule has 0 aliphatic heterocycles. The van der Waals surface area contributed by atoms with Crippen molar-refractivity contribution in [2.45, 2.75) is 24.5 Å². The quantitative estimate of drug-likeness (QED) is 0.658. The van der Waals surface area contributed by atoms with E-state index < -0.39 is 0 Å². The first kappa shape index (κ1) is 13.0. The predicted molar refractivity (Wildman–Crippen MR) is 76.3 cm³/mol. The van der Waals surface area contributed by atoms with Crippen molar-refractivity contribution in [3.63, 3.8) is 0 Å². The van der Waals surface area contributed by atoms with E-state index in [1.165, 1.54) is 6.07 Å². The van der Waals surface area contributed by atoms with Gasteiger partial charge in [0.25, 0.3) is 0 Å². The highest BCUT2D eigenvalue weighted by atomic mass is 32.2. The molecule has 0 aliphatic carbocycles. The highest BCUT2D eigenvalue weighted by Gasteiger charge is 2.05. The second-order valence-corrected chi connectivity index (χ2v) is 5.35. The average Bonchev–Trinajstić information content (AvgIpc) is 2.35. The van der Waals surface area contributed by atoms with Crippen LogP contribution in [0.3, 0.4) is 0 Å². The van der Waals surface area contributed by atoms with Gasteiger partial charge in [-0.25, -0.2) is 4.39 Å². The Labute approximate surface area is 111 Å². The first-order chi connectivity index (χ1) is 8.58. The molecule has 0 fully saturated rings. The minimum Gasteiger partial charge on any atom is -0.398 e. The summed E-state index contributed by atoms with van der Waals surface area (Å²) >= 11 is 1.69. The predicted octanol–water partition coefficient (Wildman–Crippen LogP) is 4.32. The molecule has 0 atom stereocenters. The summed E-state index contributed by atoms with van der Waals surface area (Å²) in [5, 5.41) is 0. The van der Waals surface area contributed by atoms with E-state index >= 15 is 0 Å². The number of rotatable bonds is 3. The number of aryl methyl sites for hydroxylation is 1. The number of nitrogens with two attached hydrogens (primary N) is 1. The van der Waals surface area contributed by atoms with E-state index in [1.54, 1.807) is 17.8 Å². The summed E-state index contributed by atoms with van der Waals surface area (Å²) in [6.07, 6.45) is 0.